The van der Waals surface area contributed by atoms with Crippen LogP contribution in [-0.2, 0) is 4.79 Å². The van der Waals surface area contributed by atoms with E-state index in [9.17, 15) is 4.79 Å². The van der Waals surface area contributed by atoms with Crippen LogP contribution >= 0.6 is 23.2 Å². The fourth-order valence-corrected chi connectivity index (χ4v) is 2.69. The van der Waals surface area contributed by atoms with E-state index in [1.165, 1.54) is 0 Å². The summed E-state index contributed by atoms with van der Waals surface area (Å²) < 4.78 is 10.6. The van der Waals surface area contributed by atoms with Crippen LogP contribution in [-0.4, -0.2) is 19.6 Å². The Labute approximate surface area is 151 Å². The lowest BCUT2D eigenvalue weighted by Gasteiger charge is -2.18. The summed E-state index contributed by atoms with van der Waals surface area (Å²) in [6.07, 6.45) is 0.764. The zero-order valence-corrected chi connectivity index (χ0v) is 15.0. The average Bonchev–Trinajstić information content (AvgIpc) is 2.59. The van der Waals surface area contributed by atoms with Gasteiger partial charge in [0.15, 0.2) is 6.61 Å². The number of carbonyl (C=O) groups excluding carboxylic acids is 1. The minimum absolute atomic E-state index is 0.0901. The second-order valence-electron chi connectivity index (χ2n) is 5.16. The molecular formula is C18H19Cl2NO3. The molecule has 0 fully saturated rings. The first-order chi connectivity index (χ1) is 11.5. The predicted octanol–water partition coefficient (Wildman–Crippen LogP) is 4.65. The molecule has 1 atom stereocenters. The van der Waals surface area contributed by atoms with Crippen LogP contribution in [0.15, 0.2) is 42.5 Å². The molecule has 0 saturated carbocycles. The van der Waals surface area contributed by atoms with Crippen LogP contribution in [0.2, 0.25) is 10.0 Å². The molecule has 6 heteroatoms. The SMILES string of the molecule is CCC(NC(=O)COc1ccc(Cl)cc1Cl)c1ccc(OC)cc1. The summed E-state index contributed by atoms with van der Waals surface area (Å²) >= 11 is 11.8. The Morgan fingerprint density at radius 3 is 2.46 bits per heavy atom. The Balaban J connectivity index is 1.93. The standard InChI is InChI=1S/C18H19Cl2NO3/c1-3-16(12-4-7-14(23-2)8-5-12)21-18(22)11-24-17-9-6-13(19)10-15(17)20/h4-10,16H,3,11H2,1-2H3,(H,21,22). The highest BCUT2D eigenvalue weighted by Crippen LogP contribution is 2.27. The summed E-state index contributed by atoms with van der Waals surface area (Å²) in [6, 6.07) is 12.4. The summed E-state index contributed by atoms with van der Waals surface area (Å²) in [7, 11) is 1.62. The Bertz CT molecular complexity index is 689. The van der Waals surface area contributed by atoms with Gasteiger partial charge in [0, 0.05) is 5.02 Å². The lowest BCUT2D eigenvalue weighted by atomic mass is 10.0. The van der Waals surface area contributed by atoms with Gasteiger partial charge in [-0.3, -0.25) is 4.79 Å². The molecule has 2 rings (SSSR count). The first-order valence-electron chi connectivity index (χ1n) is 7.54. The fourth-order valence-electron chi connectivity index (χ4n) is 2.23. The van der Waals surface area contributed by atoms with E-state index in [0.717, 1.165) is 17.7 Å². The van der Waals surface area contributed by atoms with Gasteiger partial charge in [0.2, 0.25) is 0 Å². The Hall–Kier alpha value is -1.91. The summed E-state index contributed by atoms with van der Waals surface area (Å²) in [4.78, 5) is 12.1. The van der Waals surface area contributed by atoms with Gasteiger partial charge in [-0.15, -0.1) is 0 Å². The number of hydrogen-bond donors (Lipinski definition) is 1. The Morgan fingerprint density at radius 2 is 1.88 bits per heavy atom. The van der Waals surface area contributed by atoms with Gasteiger partial charge >= 0.3 is 0 Å². The zero-order valence-electron chi connectivity index (χ0n) is 13.5. The number of benzene rings is 2. The van der Waals surface area contributed by atoms with Crippen molar-refractivity contribution in [3.8, 4) is 11.5 Å². The van der Waals surface area contributed by atoms with Crippen molar-refractivity contribution in [1.82, 2.24) is 5.32 Å². The molecule has 0 aromatic heterocycles. The monoisotopic (exact) mass is 367 g/mol. The number of amides is 1. The third-order valence-corrected chi connectivity index (χ3v) is 4.04. The molecule has 0 heterocycles. The highest BCUT2D eigenvalue weighted by Gasteiger charge is 2.14. The molecule has 0 bridgehead atoms. The average molecular weight is 368 g/mol. The van der Waals surface area contributed by atoms with E-state index in [1.807, 2.05) is 31.2 Å². The van der Waals surface area contributed by atoms with Crippen molar-refractivity contribution in [1.29, 1.82) is 0 Å². The first-order valence-corrected chi connectivity index (χ1v) is 8.30. The van der Waals surface area contributed by atoms with Crippen molar-refractivity contribution >= 4 is 29.1 Å². The molecular weight excluding hydrogens is 349 g/mol. The molecule has 1 amide bonds. The van der Waals surface area contributed by atoms with E-state index >= 15 is 0 Å². The minimum Gasteiger partial charge on any atom is -0.497 e. The summed E-state index contributed by atoms with van der Waals surface area (Å²) in [5.74, 6) is 0.984. The van der Waals surface area contributed by atoms with Crippen molar-refractivity contribution in [2.75, 3.05) is 13.7 Å². The van der Waals surface area contributed by atoms with E-state index in [4.69, 9.17) is 32.7 Å². The number of methoxy groups -OCH3 is 1. The maximum absolute atomic E-state index is 12.1. The zero-order chi connectivity index (χ0) is 17.5. The third-order valence-electron chi connectivity index (χ3n) is 3.51. The molecule has 2 aromatic carbocycles. The minimum atomic E-state index is -0.219. The molecule has 2 aromatic rings. The summed E-state index contributed by atoms with van der Waals surface area (Å²) in [5, 5.41) is 3.84. The normalized spacial score (nSPS) is 11.7. The molecule has 1 unspecified atom stereocenters. The molecule has 128 valence electrons. The van der Waals surface area contributed by atoms with Crippen molar-refractivity contribution in [3.05, 3.63) is 58.1 Å². The van der Waals surface area contributed by atoms with Crippen LogP contribution in [0, 0.1) is 0 Å². The summed E-state index contributed by atoms with van der Waals surface area (Å²) in [6.45, 7) is 1.89. The third kappa shape index (κ3) is 5.05. The lowest BCUT2D eigenvalue weighted by molar-refractivity contribution is -0.123. The topological polar surface area (TPSA) is 47.6 Å². The van der Waals surface area contributed by atoms with Gasteiger partial charge in [0.25, 0.3) is 5.91 Å². The van der Waals surface area contributed by atoms with Crippen LogP contribution in [0.25, 0.3) is 0 Å². The Morgan fingerprint density at radius 1 is 1.17 bits per heavy atom. The van der Waals surface area contributed by atoms with Crippen LogP contribution in [0.5, 0.6) is 11.5 Å². The van der Waals surface area contributed by atoms with Crippen molar-refractivity contribution < 1.29 is 14.3 Å². The molecule has 24 heavy (non-hydrogen) atoms. The van der Waals surface area contributed by atoms with Crippen LogP contribution in [0.1, 0.15) is 24.9 Å². The van der Waals surface area contributed by atoms with Gasteiger partial charge in [-0.25, -0.2) is 0 Å². The highest BCUT2D eigenvalue weighted by molar-refractivity contribution is 6.35. The van der Waals surface area contributed by atoms with Gasteiger partial charge in [-0.2, -0.15) is 0 Å². The van der Waals surface area contributed by atoms with Gasteiger partial charge in [0.1, 0.15) is 11.5 Å². The van der Waals surface area contributed by atoms with E-state index in [0.29, 0.717) is 15.8 Å². The Kier molecular flexibility index (Phi) is 6.76. The molecule has 4 nitrogen and oxygen atoms in total. The lowest BCUT2D eigenvalue weighted by Crippen LogP contribution is -2.32. The smallest absolute Gasteiger partial charge is 0.258 e. The molecule has 1 N–H and O–H groups in total. The highest BCUT2D eigenvalue weighted by atomic mass is 35.5. The van der Waals surface area contributed by atoms with Gasteiger partial charge < -0.3 is 14.8 Å². The van der Waals surface area contributed by atoms with Crippen molar-refractivity contribution in [2.45, 2.75) is 19.4 Å². The van der Waals surface area contributed by atoms with Gasteiger partial charge in [-0.1, -0.05) is 42.3 Å². The van der Waals surface area contributed by atoms with E-state index < -0.39 is 0 Å². The second-order valence-corrected chi connectivity index (χ2v) is 6.01. The van der Waals surface area contributed by atoms with Crippen molar-refractivity contribution in [2.24, 2.45) is 0 Å². The molecule has 0 aliphatic heterocycles. The van der Waals surface area contributed by atoms with Crippen LogP contribution in [0.4, 0.5) is 0 Å². The predicted molar refractivity (Wildman–Crippen MR) is 96.1 cm³/mol. The largest absolute Gasteiger partial charge is 0.497 e. The quantitative estimate of drug-likeness (QED) is 0.774. The van der Waals surface area contributed by atoms with Gasteiger partial charge in [0.05, 0.1) is 18.2 Å². The molecule has 0 spiro atoms. The number of carbonyl (C=O) groups is 1. The van der Waals surface area contributed by atoms with Crippen LogP contribution < -0.4 is 14.8 Å². The maximum Gasteiger partial charge on any atom is 0.258 e. The van der Waals surface area contributed by atoms with E-state index in [1.54, 1.807) is 25.3 Å². The number of ether oxygens (including phenoxy) is 2. The molecule has 0 aliphatic carbocycles. The first kappa shape index (κ1) is 18.4. The van der Waals surface area contributed by atoms with Crippen molar-refractivity contribution in [3.63, 3.8) is 0 Å². The van der Waals surface area contributed by atoms with Crippen LogP contribution in [0.3, 0.4) is 0 Å². The number of hydrogen-bond acceptors (Lipinski definition) is 3. The number of halogens is 2. The van der Waals surface area contributed by atoms with Gasteiger partial charge in [-0.05, 0) is 42.3 Å². The number of rotatable bonds is 7. The molecule has 0 saturated heterocycles. The maximum atomic E-state index is 12.1. The fraction of sp³-hybridized carbons (Fsp3) is 0.278. The second kappa shape index (κ2) is 8.81. The molecule has 0 radical (unpaired) electrons. The molecule has 0 aliphatic rings. The number of nitrogens with one attached hydrogen (secondary N) is 1. The van der Waals surface area contributed by atoms with E-state index in [-0.39, 0.29) is 18.6 Å². The van der Waals surface area contributed by atoms with E-state index in [2.05, 4.69) is 5.32 Å². The summed E-state index contributed by atoms with van der Waals surface area (Å²) in [5.41, 5.74) is 1.01.